The number of nitrogens with zero attached hydrogens (tertiary/aromatic N) is 2. The first-order valence-electron chi connectivity index (χ1n) is 5.78. The van der Waals surface area contributed by atoms with Crippen LogP contribution in [0.15, 0.2) is 30.6 Å². The van der Waals surface area contributed by atoms with Gasteiger partial charge in [0.25, 0.3) is 0 Å². The second-order valence-corrected chi connectivity index (χ2v) is 5.17. The van der Waals surface area contributed by atoms with Gasteiger partial charge < -0.3 is 9.88 Å². The summed E-state index contributed by atoms with van der Waals surface area (Å²) >= 11 is 12.0. The molecule has 0 saturated carbocycles. The quantitative estimate of drug-likeness (QED) is 0.915. The van der Waals surface area contributed by atoms with Gasteiger partial charge in [-0.25, -0.2) is 4.98 Å². The van der Waals surface area contributed by atoms with Crippen LogP contribution in [0, 0.1) is 0 Å². The Balaban J connectivity index is 2.26. The summed E-state index contributed by atoms with van der Waals surface area (Å²) in [4.78, 5) is 9.56. The molecule has 0 amide bonds. The van der Waals surface area contributed by atoms with Crippen molar-refractivity contribution in [1.29, 1.82) is 0 Å². The fraction of sp³-hybridized carbons (Fsp3) is 0.308. The lowest BCUT2D eigenvalue weighted by atomic mass is 10.2. The normalized spacial score (nSPS) is 10.9. The lowest BCUT2D eigenvalue weighted by Crippen LogP contribution is -2.30. The average Bonchev–Trinajstić information content (AvgIpc) is 2.82. The molecule has 1 heterocycles. The maximum atomic E-state index is 6.06. The second-order valence-electron chi connectivity index (χ2n) is 4.36. The number of hydrogen-bond donors (Lipinski definition) is 1. The highest BCUT2D eigenvalue weighted by Crippen LogP contribution is 2.28. The molecular weight excluding hydrogens is 269 g/mol. The van der Waals surface area contributed by atoms with Crippen molar-refractivity contribution in [3.8, 4) is 0 Å². The Morgan fingerprint density at radius 2 is 2.06 bits per heavy atom. The van der Waals surface area contributed by atoms with E-state index in [9.17, 15) is 0 Å². The molecule has 1 aromatic heterocycles. The van der Waals surface area contributed by atoms with Gasteiger partial charge in [0, 0.05) is 24.1 Å². The Morgan fingerprint density at radius 1 is 1.28 bits per heavy atom. The Labute approximate surface area is 117 Å². The fourth-order valence-corrected chi connectivity index (χ4v) is 2.07. The lowest BCUT2D eigenvalue weighted by molar-refractivity contribution is 0.666. The van der Waals surface area contributed by atoms with Gasteiger partial charge in [-0.3, -0.25) is 0 Å². The molecule has 0 unspecified atom stereocenters. The minimum atomic E-state index is 0.340. The Kier molecular flexibility index (Phi) is 4.15. The van der Waals surface area contributed by atoms with Crippen molar-refractivity contribution < 1.29 is 0 Å². The van der Waals surface area contributed by atoms with Crippen molar-refractivity contribution in [1.82, 2.24) is 9.97 Å². The number of imidazole rings is 1. The number of H-pyrrole nitrogens is 1. The molecule has 18 heavy (non-hydrogen) atoms. The third kappa shape index (κ3) is 2.98. The van der Waals surface area contributed by atoms with Crippen molar-refractivity contribution in [2.75, 3.05) is 4.90 Å². The van der Waals surface area contributed by atoms with Gasteiger partial charge >= 0.3 is 0 Å². The molecule has 0 bridgehead atoms. The number of nitrogens with one attached hydrogen (secondary N) is 1. The van der Waals surface area contributed by atoms with Gasteiger partial charge in [-0.05, 0) is 32.0 Å². The van der Waals surface area contributed by atoms with Crippen LogP contribution in [0.5, 0.6) is 0 Å². The third-order valence-electron chi connectivity index (χ3n) is 2.73. The third-order valence-corrected chi connectivity index (χ3v) is 3.47. The number of hydrogen-bond acceptors (Lipinski definition) is 2. The Morgan fingerprint density at radius 3 is 2.61 bits per heavy atom. The maximum Gasteiger partial charge on any atom is 0.125 e. The molecule has 5 heteroatoms. The van der Waals surface area contributed by atoms with Gasteiger partial charge in [0.2, 0.25) is 0 Å². The van der Waals surface area contributed by atoms with Gasteiger partial charge in [0.15, 0.2) is 0 Å². The van der Waals surface area contributed by atoms with Gasteiger partial charge in [-0.2, -0.15) is 0 Å². The second kappa shape index (κ2) is 5.63. The van der Waals surface area contributed by atoms with E-state index in [1.165, 1.54) is 0 Å². The molecule has 3 nitrogen and oxygen atoms in total. The highest BCUT2D eigenvalue weighted by Gasteiger charge is 2.13. The van der Waals surface area contributed by atoms with Crippen LogP contribution in [-0.4, -0.2) is 16.0 Å². The van der Waals surface area contributed by atoms with E-state index in [0.717, 1.165) is 11.5 Å². The van der Waals surface area contributed by atoms with Gasteiger partial charge in [-0.1, -0.05) is 23.2 Å². The molecule has 0 aliphatic carbocycles. The first-order valence-corrected chi connectivity index (χ1v) is 6.53. The van der Waals surface area contributed by atoms with Crippen molar-refractivity contribution in [3.63, 3.8) is 0 Å². The van der Waals surface area contributed by atoms with Crippen LogP contribution in [-0.2, 0) is 6.54 Å². The topological polar surface area (TPSA) is 31.9 Å². The maximum absolute atomic E-state index is 6.06. The van der Waals surface area contributed by atoms with E-state index in [-0.39, 0.29) is 0 Å². The summed E-state index contributed by atoms with van der Waals surface area (Å²) in [5, 5.41) is 1.14. The summed E-state index contributed by atoms with van der Waals surface area (Å²) in [5.41, 5.74) is 1.04. The van der Waals surface area contributed by atoms with E-state index in [1.807, 2.05) is 24.4 Å². The molecule has 0 atom stereocenters. The van der Waals surface area contributed by atoms with E-state index < -0.39 is 0 Å². The smallest absolute Gasteiger partial charge is 0.125 e. The van der Waals surface area contributed by atoms with E-state index in [2.05, 4.69) is 28.7 Å². The zero-order valence-electron chi connectivity index (χ0n) is 10.3. The van der Waals surface area contributed by atoms with Crippen molar-refractivity contribution in [3.05, 3.63) is 46.5 Å². The summed E-state index contributed by atoms with van der Waals surface area (Å²) in [6, 6.07) is 6.01. The number of aromatic nitrogens is 2. The summed E-state index contributed by atoms with van der Waals surface area (Å²) in [6.45, 7) is 4.97. The van der Waals surface area contributed by atoms with Crippen LogP contribution < -0.4 is 4.90 Å². The largest absolute Gasteiger partial charge is 0.362 e. The van der Waals surface area contributed by atoms with Crippen LogP contribution in [0.1, 0.15) is 19.7 Å². The summed E-state index contributed by atoms with van der Waals surface area (Å²) in [7, 11) is 0. The minimum absolute atomic E-state index is 0.340. The molecule has 1 aromatic carbocycles. The predicted octanol–water partition coefficient (Wildman–Crippen LogP) is 4.13. The fourth-order valence-electron chi connectivity index (χ4n) is 1.78. The van der Waals surface area contributed by atoms with Crippen LogP contribution in [0.2, 0.25) is 10.0 Å². The van der Waals surface area contributed by atoms with E-state index in [4.69, 9.17) is 23.2 Å². The molecular formula is C13H15Cl2N3. The number of halogens is 2. The molecule has 0 aliphatic rings. The van der Waals surface area contributed by atoms with Crippen LogP contribution in [0.25, 0.3) is 0 Å². The molecule has 2 aromatic rings. The lowest BCUT2D eigenvalue weighted by Gasteiger charge is -2.28. The molecule has 0 saturated heterocycles. The van der Waals surface area contributed by atoms with Crippen LogP contribution in [0.4, 0.5) is 5.69 Å². The number of benzene rings is 1. The molecule has 0 aliphatic heterocycles. The summed E-state index contributed by atoms with van der Waals surface area (Å²) in [5.74, 6) is 0.926. The van der Waals surface area contributed by atoms with E-state index in [1.54, 1.807) is 6.20 Å². The molecule has 2 rings (SSSR count). The average molecular weight is 284 g/mol. The molecule has 1 N–H and O–H groups in total. The zero-order valence-corrected chi connectivity index (χ0v) is 11.8. The van der Waals surface area contributed by atoms with Gasteiger partial charge in [0.05, 0.1) is 16.6 Å². The van der Waals surface area contributed by atoms with Crippen LogP contribution >= 0.6 is 23.2 Å². The number of rotatable bonds is 4. The molecule has 0 fully saturated rings. The molecule has 96 valence electrons. The van der Waals surface area contributed by atoms with E-state index >= 15 is 0 Å². The summed E-state index contributed by atoms with van der Waals surface area (Å²) < 4.78 is 0. The van der Waals surface area contributed by atoms with Crippen LogP contribution in [0.3, 0.4) is 0 Å². The van der Waals surface area contributed by atoms with Crippen molar-refractivity contribution >= 4 is 28.9 Å². The predicted molar refractivity (Wildman–Crippen MR) is 76.4 cm³/mol. The SMILES string of the molecule is CC(C)N(Cc1ncc[nH]1)c1ccc(Cl)c(Cl)c1. The van der Waals surface area contributed by atoms with Gasteiger partial charge in [0.1, 0.15) is 5.82 Å². The standard InChI is InChI=1S/C13H15Cl2N3/c1-9(2)18(8-13-16-5-6-17-13)10-3-4-11(14)12(15)7-10/h3-7,9H,8H2,1-2H3,(H,16,17). The first kappa shape index (κ1) is 13.2. The number of anilines is 1. The monoisotopic (exact) mass is 283 g/mol. The Bertz CT molecular complexity index is 509. The highest BCUT2D eigenvalue weighted by atomic mass is 35.5. The highest BCUT2D eigenvalue weighted by molar-refractivity contribution is 6.42. The minimum Gasteiger partial charge on any atom is -0.362 e. The van der Waals surface area contributed by atoms with Crippen molar-refractivity contribution in [2.24, 2.45) is 0 Å². The molecule has 0 spiro atoms. The first-order chi connectivity index (χ1) is 8.58. The summed E-state index contributed by atoms with van der Waals surface area (Å²) in [6.07, 6.45) is 3.57. The van der Waals surface area contributed by atoms with Crippen molar-refractivity contribution in [2.45, 2.75) is 26.4 Å². The van der Waals surface area contributed by atoms with Gasteiger partial charge in [-0.15, -0.1) is 0 Å². The molecule has 0 radical (unpaired) electrons. The zero-order chi connectivity index (χ0) is 13.1. The number of aromatic amines is 1. The van der Waals surface area contributed by atoms with E-state index in [0.29, 0.717) is 22.6 Å². The Hall–Kier alpha value is -1.19.